The zero-order valence-electron chi connectivity index (χ0n) is 6.91. The maximum atomic E-state index is 9.19. The van der Waals surface area contributed by atoms with Crippen LogP contribution in [0.3, 0.4) is 0 Å². The lowest BCUT2D eigenvalue weighted by Crippen LogP contribution is -2.47. The molecule has 2 unspecified atom stereocenters. The average molecular weight is 160 g/mol. The van der Waals surface area contributed by atoms with Crippen LogP contribution in [0, 0.1) is 5.41 Å². The minimum atomic E-state index is -1.02. The fourth-order valence-electron chi connectivity index (χ4n) is 0.771. The van der Waals surface area contributed by atoms with Crippen LogP contribution in [0.25, 0.3) is 0 Å². The van der Waals surface area contributed by atoms with Gasteiger partial charge in [0.1, 0.15) is 6.10 Å². The van der Waals surface area contributed by atoms with Crippen molar-refractivity contribution in [1.29, 1.82) is 5.41 Å². The fraction of sp³-hybridized carbons (Fsp3) is 0.857. The lowest BCUT2D eigenvalue weighted by Gasteiger charge is -2.21. The third-order valence-corrected chi connectivity index (χ3v) is 1.67. The highest BCUT2D eigenvalue weighted by Gasteiger charge is 2.22. The van der Waals surface area contributed by atoms with Gasteiger partial charge in [0.05, 0.1) is 12.1 Å². The smallest absolute Gasteiger partial charge is 0.109 e. The van der Waals surface area contributed by atoms with E-state index >= 15 is 0 Å². The molecule has 0 aliphatic heterocycles. The molecule has 0 aliphatic rings. The second-order valence-corrected chi connectivity index (χ2v) is 2.68. The summed E-state index contributed by atoms with van der Waals surface area (Å²) in [6.07, 6.45) is -1.26. The summed E-state index contributed by atoms with van der Waals surface area (Å²) in [6, 6.07) is -0.738. The summed E-state index contributed by atoms with van der Waals surface area (Å²) in [5.74, 6) is 0. The normalized spacial score (nSPS) is 19.0. The van der Waals surface area contributed by atoms with Gasteiger partial charge >= 0.3 is 0 Å². The van der Waals surface area contributed by atoms with Crippen molar-refractivity contribution in [2.75, 3.05) is 0 Å². The third kappa shape index (κ3) is 2.96. The summed E-state index contributed by atoms with van der Waals surface area (Å²) in [6.45, 7) is 3.24. The molecule has 0 aromatic carbocycles. The van der Waals surface area contributed by atoms with Gasteiger partial charge in [-0.1, -0.05) is 6.92 Å². The van der Waals surface area contributed by atoms with E-state index in [2.05, 4.69) is 0 Å². The van der Waals surface area contributed by atoms with Gasteiger partial charge in [-0.15, -0.1) is 0 Å². The first-order chi connectivity index (χ1) is 5.00. The van der Waals surface area contributed by atoms with Crippen LogP contribution in [0.1, 0.15) is 20.3 Å². The highest BCUT2D eigenvalue weighted by Crippen LogP contribution is 2.01. The lowest BCUT2D eigenvalue weighted by atomic mass is 10.0. The van der Waals surface area contributed by atoms with E-state index < -0.39 is 18.2 Å². The molecule has 5 N–H and O–H groups in total. The zero-order chi connectivity index (χ0) is 9.02. The predicted molar refractivity (Wildman–Crippen MR) is 43.7 cm³/mol. The number of nitrogens with two attached hydrogens (primary N) is 1. The van der Waals surface area contributed by atoms with Crippen LogP contribution < -0.4 is 5.73 Å². The van der Waals surface area contributed by atoms with E-state index in [1.54, 1.807) is 6.92 Å². The number of rotatable bonds is 4. The van der Waals surface area contributed by atoms with Crippen LogP contribution >= 0.6 is 0 Å². The molecule has 0 rings (SSSR count). The topological polar surface area (TPSA) is 90.3 Å². The lowest BCUT2D eigenvalue weighted by molar-refractivity contribution is 0.0835. The molecule has 0 aliphatic carbocycles. The first-order valence-electron chi connectivity index (χ1n) is 3.67. The Morgan fingerprint density at radius 2 is 2.00 bits per heavy atom. The summed E-state index contributed by atoms with van der Waals surface area (Å²) in [7, 11) is 0. The van der Waals surface area contributed by atoms with Crippen molar-refractivity contribution in [3.63, 3.8) is 0 Å². The number of hydrogen-bond acceptors (Lipinski definition) is 4. The molecule has 4 heteroatoms. The molecular weight excluding hydrogens is 144 g/mol. The SMILES string of the molecule is CCC(O)C(N)[C@H](O)C(C)=N. The summed E-state index contributed by atoms with van der Waals surface area (Å²) in [4.78, 5) is 0. The van der Waals surface area contributed by atoms with Crippen LogP contribution in [0.5, 0.6) is 0 Å². The Hall–Kier alpha value is -0.450. The Morgan fingerprint density at radius 3 is 2.27 bits per heavy atom. The van der Waals surface area contributed by atoms with Crippen LogP contribution in [-0.2, 0) is 0 Å². The van der Waals surface area contributed by atoms with Crippen molar-refractivity contribution < 1.29 is 10.2 Å². The summed E-state index contributed by atoms with van der Waals surface area (Å²) < 4.78 is 0. The van der Waals surface area contributed by atoms with Crippen LogP contribution in [0.4, 0.5) is 0 Å². The molecule has 0 amide bonds. The number of aliphatic hydroxyl groups is 2. The molecular formula is C7H16N2O2. The van der Waals surface area contributed by atoms with Gasteiger partial charge in [-0.25, -0.2) is 0 Å². The molecule has 11 heavy (non-hydrogen) atoms. The molecule has 0 aromatic rings. The van der Waals surface area contributed by atoms with Crippen LogP contribution in [0.15, 0.2) is 0 Å². The quantitative estimate of drug-likeness (QED) is 0.417. The highest BCUT2D eigenvalue weighted by molar-refractivity contribution is 5.83. The second kappa shape index (κ2) is 4.43. The minimum Gasteiger partial charge on any atom is -0.391 e. The van der Waals surface area contributed by atoms with Gasteiger partial charge in [-0.2, -0.15) is 0 Å². The molecule has 0 heterocycles. The van der Waals surface area contributed by atoms with Gasteiger partial charge in [-0.05, 0) is 13.3 Å². The Balaban J connectivity index is 4.00. The van der Waals surface area contributed by atoms with E-state index in [4.69, 9.17) is 16.2 Å². The van der Waals surface area contributed by atoms with Crippen molar-refractivity contribution in [3.8, 4) is 0 Å². The Bertz CT molecular complexity index is 138. The van der Waals surface area contributed by atoms with E-state index in [0.29, 0.717) is 6.42 Å². The maximum absolute atomic E-state index is 9.19. The molecule has 0 saturated heterocycles. The Morgan fingerprint density at radius 1 is 1.55 bits per heavy atom. The number of aliphatic hydroxyl groups excluding tert-OH is 2. The molecule has 66 valence electrons. The van der Waals surface area contributed by atoms with Crippen molar-refractivity contribution in [3.05, 3.63) is 0 Å². The standard InChI is InChI=1S/C7H16N2O2/c1-3-5(10)6(9)7(11)4(2)8/h5-8,10-11H,3,9H2,1-2H3/t5?,6?,7-/m1/s1. The van der Waals surface area contributed by atoms with Crippen molar-refractivity contribution in [2.45, 2.75) is 38.5 Å². The minimum absolute atomic E-state index is 0.0880. The van der Waals surface area contributed by atoms with Crippen LogP contribution in [0.2, 0.25) is 0 Å². The van der Waals surface area contributed by atoms with Gasteiger partial charge < -0.3 is 21.4 Å². The highest BCUT2D eigenvalue weighted by atomic mass is 16.3. The molecule has 0 bridgehead atoms. The van der Waals surface area contributed by atoms with Gasteiger partial charge in [0, 0.05) is 5.71 Å². The summed E-state index contributed by atoms with van der Waals surface area (Å²) in [5, 5.41) is 25.4. The molecule has 0 fully saturated rings. The average Bonchev–Trinajstić information content (AvgIpc) is 2.00. The second-order valence-electron chi connectivity index (χ2n) is 2.68. The van der Waals surface area contributed by atoms with Gasteiger partial charge in [0.2, 0.25) is 0 Å². The Labute approximate surface area is 66.5 Å². The fourth-order valence-corrected chi connectivity index (χ4v) is 0.771. The first kappa shape index (κ1) is 10.6. The third-order valence-electron chi connectivity index (χ3n) is 1.67. The monoisotopic (exact) mass is 160 g/mol. The summed E-state index contributed by atoms with van der Waals surface area (Å²) >= 11 is 0. The summed E-state index contributed by atoms with van der Waals surface area (Å²) in [5.41, 5.74) is 5.52. The molecule has 4 nitrogen and oxygen atoms in total. The van der Waals surface area contributed by atoms with Crippen molar-refractivity contribution in [2.24, 2.45) is 5.73 Å². The van der Waals surface area contributed by atoms with Crippen molar-refractivity contribution in [1.82, 2.24) is 0 Å². The predicted octanol–water partition coefficient (Wildman–Crippen LogP) is -0.515. The molecule has 0 saturated carbocycles. The van der Waals surface area contributed by atoms with Gasteiger partial charge in [0.15, 0.2) is 0 Å². The van der Waals surface area contributed by atoms with E-state index in [1.807, 2.05) is 0 Å². The molecule has 0 aromatic heterocycles. The zero-order valence-corrected chi connectivity index (χ0v) is 6.91. The number of hydrogen-bond donors (Lipinski definition) is 4. The van der Waals surface area contributed by atoms with Gasteiger partial charge in [-0.3, -0.25) is 0 Å². The van der Waals surface area contributed by atoms with E-state index in [0.717, 1.165) is 0 Å². The van der Waals surface area contributed by atoms with E-state index in [9.17, 15) is 5.11 Å². The Kier molecular flexibility index (Phi) is 4.25. The van der Waals surface area contributed by atoms with E-state index in [1.165, 1.54) is 6.92 Å². The van der Waals surface area contributed by atoms with Crippen LogP contribution in [-0.4, -0.2) is 34.2 Å². The van der Waals surface area contributed by atoms with Gasteiger partial charge in [0.25, 0.3) is 0 Å². The largest absolute Gasteiger partial charge is 0.391 e. The molecule has 0 spiro atoms. The molecule has 3 atom stereocenters. The molecule has 0 radical (unpaired) electrons. The maximum Gasteiger partial charge on any atom is 0.109 e. The van der Waals surface area contributed by atoms with Crippen molar-refractivity contribution >= 4 is 5.71 Å². The number of nitrogens with one attached hydrogen (secondary N) is 1. The first-order valence-corrected chi connectivity index (χ1v) is 3.67. The van der Waals surface area contributed by atoms with E-state index in [-0.39, 0.29) is 5.71 Å².